The molecule has 0 radical (unpaired) electrons. The zero-order chi connectivity index (χ0) is 14.9. The molecule has 6 nitrogen and oxygen atoms in total. The van der Waals surface area contributed by atoms with E-state index < -0.39 is 10.0 Å². The smallest absolute Gasteiger partial charge is 0.243 e. The molecule has 0 spiro atoms. The van der Waals surface area contributed by atoms with Crippen LogP contribution in [0.1, 0.15) is 17.0 Å². The van der Waals surface area contributed by atoms with E-state index in [0.29, 0.717) is 11.4 Å². The summed E-state index contributed by atoms with van der Waals surface area (Å²) in [6, 6.07) is 3.42. The van der Waals surface area contributed by atoms with Crippen molar-refractivity contribution in [2.45, 2.75) is 25.3 Å². The Morgan fingerprint density at radius 2 is 2.05 bits per heavy atom. The number of nitrogens with zero attached hydrogens (tertiary/aromatic N) is 2. The number of rotatable bonds is 4. The van der Waals surface area contributed by atoms with Crippen LogP contribution in [0.2, 0.25) is 0 Å². The Labute approximate surface area is 118 Å². The van der Waals surface area contributed by atoms with E-state index in [-0.39, 0.29) is 17.1 Å². The minimum atomic E-state index is -3.67. The molecule has 0 aliphatic carbocycles. The molecule has 20 heavy (non-hydrogen) atoms. The van der Waals surface area contributed by atoms with Crippen molar-refractivity contribution in [2.75, 3.05) is 5.73 Å². The van der Waals surface area contributed by atoms with Crippen LogP contribution in [0.5, 0.6) is 0 Å². The Bertz CT molecular complexity index is 735. The number of nitrogen functional groups attached to an aromatic ring is 1. The molecule has 1 aromatic heterocycles. The molecule has 108 valence electrons. The maximum Gasteiger partial charge on any atom is 0.243 e. The number of aromatic nitrogens is 2. The fraction of sp³-hybridized carbons (Fsp3) is 0.308. The number of sulfonamides is 1. The minimum Gasteiger partial charge on any atom is -0.398 e. The van der Waals surface area contributed by atoms with Gasteiger partial charge in [0.25, 0.3) is 0 Å². The molecular weight excluding hydrogens is 276 g/mol. The molecule has 0 unspecified atom stereocenters. The molecule has 1 heterocycles. The van der Waals surface area contributed by atoms with Gasteiger partial charge in [-0.15, -0.1) is 0 Å². The van der Waals surface area contributed by atoms with E-state index in [2.05, 4.69) is 9.71 Å². The van der Waals surface area contributed by atoms with Gasteiger partial charge in [0.05, 0.1) is 12.2 Å². The molecule has 0 saturated carbocycles. The lowest BCUT2D eigenvalue weighted by molar-refractivity contribution is 0.577. The SMILES string of the molecule is Cc1ccc(N)c(S(=O)(=O)NCc2nccn2C)c1C. The normalized spacial score (nSPS) is 11.8. The van der Waals surface area contributed by atoms with Crippen molar-refractivity contribution >= 4 is 15.7 Å². The third-order valence-electron chi connectivity index (χ3n) is 3.32. The number of hydrogen-bond acceptors (Lipinski definition) is 4. The molecular formula is C13H18N4O2S. The predicted molar refractivity (Wildman–Crippen MR) is 77.6 cm³/mol. The van der Waals surface area contributed by atoms with Crippen molar-refractivity contribution in [2.24, 2.45) is 7.05 Å². The van der Waals surface area contributed by atoms with Crippen LogP contribution in [0.25, 0.3) is 0 Å². The van der Waals surface area contributed by atoms with Gasteiger partial charge >= 0.3 is 0 Å². The molecule has 0 aliphatic rings. The maximum atomic E-state index is 12.4. The summed E-state index contributed by atoms with van der Waals surface area (Å²) in [6.45, 7) is 3.73. The first-order valence-electron chi connectivity index (χ1n) is 6.14. The summed E-state index contributed by atoms with van der Waals surface area (Å²) in [5, 5.41) is 0. The highest BCUT2D eigenvalue weighted by Crippen LogP contribution is 2.25. The minimum absolute atomic E-state index is 0.124. The molecule has 0 atom stereocenters. The summed E-state index contributed by atoms with van der Waals surface area (Å²) in [6.07, 6.45) is 3.38. The fourth-order valence-corrected chi connectivity index (χ4v) is 3.37. The molecule has 0 amide bonds. The monoisotopic (exact) mass is 294 g/mol. The fourth-order valence-electron chi connectivity index (χ4n) is 1.97. The zero-order valence-electron chi connectivity index (χ0n) is 11.7. The van der Waals surface area contributed by atoms with E-state index in [1.165, 1.54) is 0 Å². The number of aryl methyl sites for hydroxylation is 2. The van der Waals surface area contributed by atoms with Gasteiger partial charge in [0, 0.05) is 19.4 Å². The number of nitrogens with two attached hydrogens (primary N) is 1. The Morgan fingerprint density at radius 3 is 2.65 bits per heavy atom. The molecule has 0 fully saturated rings. The van der Waals surface area contributed by atoms with E-state index in [1.807, 2.05) is 20.0 Å². The van der Waals surface area contributed by atoms with Crippen molar-refractivity contribution < 1.29 is 8.42 Å². The number of anilines is 1. The van der Waals surface area contributed by atoms with Gasteiger partial charge in [-0.2, -0.15) is 0 Å². The molecule has 2 aromatic rings. The van der Waals surface area contributed by atoms with E-state index in [9.17, 15) is 8.42 Å². The first-order chi connectivity index (χ1) is 9.33. The zero-order valence-corrected chi connectivity index (χ0v) is 12.5. The standard InChI is InChI=1S/C13H18N4O2S/c1-9-4-5-11(14)13(10(9)2)20(18,19)16-8-12-15-6-7-17(12)3/h4-7,16H,8,14H2,1-3H3. The summed E-state index contributed by atoms with van der Waals surface area (Å²) >= 11 is 0. The maximum absolute atomic E-state index is 12.4. The van der Waals surface area contributed by atoms with Gasteiger partial charge in [0.1, 0.15) is 10.7 Å². The highest BCUT2D eigenvalue weighted by atomic mass is 32.2. The topological polar surface area (TPSA) is 90.0 Å². The van der Waals surface area contributed by atoms with Gasteiger partial charge in [0.2, 0.25) is 10.0 Å². The van der Waals surface area contributed by atoms with Gasteiger partial charge in [-0.05, 0) is 31.0 Å². The van der Waals surface area contributed by atoms with Crippen molar-refractivity contribution in [3.8, 4) is 0 Å². The van der Waals surface area contributed by atoms with E-state index in [1.54, 1.807) is 30.0 Å². The van der Waals surface area contributed by atoms with Crippen LogP contribution in [-0.4, -0.2) is 18.0 Å². The largest absolute Gasteiger partial charge is 0.398 e. The molecule has 0 bridgehead atoms. The number of hydrogen-bond donors (Lipinski definition) is 2. The first kappa shape index (κ1) is 14.5. The second kappa shape index (κ2) is 5.26. The van der Waals surface area contributed by atoms with Crippen LogP contribution in [0.4, 0.5) is 5.69 Å². The molecule has 1 aromatic carbocycles. The average Bonchev–Trinajstić information content (AvgIpc) is 2.77. The van der Waals surface area contributed by atoms with Crippen LogP contribution in [-0.2, 0) is 23.6 Å². The third-order valence-corrected chi connectivity index (χ3v) is 4.92. The third kappa shape index (κ3) is 2.68. The summed E-state index contributed by atoms with van der Waals surface area (Å²) in [5.41, 5.74) is 7.62. The Morgan fingerprint density at radius 1 is 1.35 bits per heavy atom. The molecule has 3 N–H and O–H groups in total. The summed E-state index contributed by atoms with van der Waals surface area (Å²) in [5.74, 6) is 0.637. The highest BCUT2D eigenvalue weighted by molar-refractivity contribution is 7.89. The second-order valence-corrected chi connectivity index (χ2v) is 6.41. The lowest BCUT2D eigenvalue weighted by Gasteiger charge is -2.13. The number of nitrogens with one attached hydrogen (secondary N) is 1. The summed E-state index contributed by atoms with van der Waals surface area (Å²) in [7, 11) is -1.86. The van der Waals surface area contributed by atoms with E-state index in [4.69, 9.17) is 5.73 Å². The van der Waals surface area contributed by atoms with E-state index in [0.717, 1.165) is 5.56 Å². The quantitative estimate of drug-likeness (QED) is 0.826. The van der Waals surface area contributed by atoms with Gasteiger partial charge < -0.3 is 10.3 Å². The van der Waals surface area contributed by atoms with E-state index >= 15 is 0 Å². The Hall–Kier alpha value is -1.86. The van der Waals surface area contributed by atoms with Crippen molar-refractivity contribution in [1.29, 1.82) is 0 Å². The van der Waals surface area contributed by atoms with Gasteiger partial charge in [-0.3, -0.25) is 0 Å². The number of benzene rings is 1. The van der Waals surface area contributed by atoms with Gasteiger partial charge in [0.15, 0.2) is 0 Å². The van der Waals surface area contributed by atoms with Crippen molar-refractivity contribution in [1.82, 2.24) is 14.3 Å². The first-order valence-corrected chi connectivity index (χ1v) is 7.63. The molecule has 0 aliphatic heterocycles. The van der Waals surface area contributed by atoms with Crippen LogP contribution in [0.3, 0.4) is 0 Å². The van der Waals surface area contributed by atoms with Crippen LogP contribution in [0, 0.1) is 13.8 Å². The lowest BCUT2D eigenvalue weighted by Crippen LogP contribution is -2.26. The molecule has 0 saturated heterocycles. The second-order valence-electron chi connectivity index (χ2n) is 4.70. The molecule has 7 heteroatoms. The molecule has 2 rings (SSSR count). The van der Waals surface area contributed by atoms with Crippen LogP contribution in [0.15, 0.2) is 29.4 Å². The summed E-state index contributed by atoms with van der Waals surface area (Å²) in [4.78, 5) is 4.22. The van der Waals surface area contributed by atoms with Gasteiger partial charge in [-0.25, -0.2) is 18.1 Å². The van der Waals surface area contributed by atoms with Crippen molar-refractivity contribution in [3.05, 3.63) is 41.5 Å². The Kier molecular flexibility index (Phi) is 3.82. The highest BCUT2D eigenvalue weighted by Gasteiger charge is 2.21. The predicted octanol–water partition coefficient (Wildman–Crippen LogP) is 1.10. The van der Waals surface area contributed by atoms with Crippen LogP contribution >= 0.6 is 0 Å². The van der Waals surface area contributed by atoms with Crippen LogP contribution < -0.4 is 10.5 Å². The van der Waals surface area contributed by atoms with Crippen molar-refractivity contribution in [3.63, 3.8) is 0 Å². The Balaban J connectivity index is 2.32. The summed E-state index contributed by atoms with van der Waals surface area (Å²) < 4.78 is 29.1. The number of imidazole rings is 1. The average molecular weight is 294 g/mol. The van der Waals surface area contributed by atoms with Gasteiger partial charge in [-0.1, -0.05) is 6.07 Å². The lowest BCUT2D eigenvalue weighted by atomic mass is 10.1.